The smallest absolute Gasteiger partial charge is 0.303 e. The summed E-state index contributed by atoms with van der Waals surface area (Å²) in [4.78, 5) is 26.2. The van der Waals surface area contributed by atoms with Gasteiger partial charge in [-0.05, 0) is 17.7 Å². The lowest BCUT2D eigenvalue weighted by Crippen LogP contribution is -2.32. The van der Waals surface area contributed by atoms with Crippen LogP contribution >= 0.6 is 0 Å². The maximum atomic E-state index is 12.4. The van der Waals surface area contributed by atoms with Crippen LogP contribution in [0.3, 0.4) is 0 Å². The second-order valence-electron chi connectivity index (χ2n) is 5.49. The highest BCUT2D eigenvalue weighted by Gasteiger charge is 2.24. The molecule has 1 aromatic carbocycles. The predicted molar refractivity (Wildman–Crippen MR) is 90.7 cm³/mol. The number of benzene rings is 1. The largest absolute Gasteiger partial charge is 0.481 e. The third kappa shape index (κ3) is 4.94. The van der Waals surface area contributed by atoms with Crippen LogP contribution in [0.15, 0.2) is 53.7 Å². The number of aromatic nitrogens is 1. The van der Waals surface area contributed by atoms with Crippen molar-refractivity contribution in [3.05, 3.63) is 59.9 Å². The average Bonchev–Trinajstić information content (AvgIpc) is 2.61. The predicted octanol–water partition coefficient (Wildman–Crippen LogP) is 1.43. The van der Waals surface area contributed by atoms with Crippen molar-refractivity contribution in [3.8, 4) is 0 Å². The molecular weight excluding hydrogens is 344 g/mol. The number of aliphatic carboxylic acids is 1. The third-order valence-electron chi connectivity index (χ3n) is 3.64. The summed E-state index contributed by atoms with van der Waals surface area (Å²) >= 11 is 0. The van der Waals surface area contributed by atoms with Gasteiger partial charge >= 0.3 is 5.97 Å². The van der Waals surface area contributed by atoms with Gasteiger partial charge in [-0.2, -0.15) is 0 Å². The molecule has 0 radical (unpaired) electrons. The Bertz CT molecular complexity index is 848. The van der Waals surface area contributed by atoms with E-state index in [1.807, 2.05) is 0 Å². The van der Waals surface area contributed by atoms with Crippen LogP contribution in [0.5, 0.6) is 0 Å². The fraction of sp³-hybridized carbons (Fsp3) is 0.235. The molecule has 1 heterocycles. The monoisotopic (exact) mass is 362 g/mol. The van der Waals surface area contributed by atoms with Gasteiger partial charge in [0.1, 0.15) is 5.37 Å². The van der Waals surface area contributed by atoms with Crippen molar-refractivity contribution in [2.75, 3.05) is 0 Å². The molecular formula is C17H18N2O5S. The van der Waals surface area contributed by atoms with E-state index in [2.05, 4.69) is 4.98 Å². The number of nitrogens with zero attached hydrogens (tertiary/aromatic N) is 1. The lowest BCUT2D eigenvalue weighted by atomic mass is 10.0. The molecule has 0 fully saturated rings. The molecule has 0 aliphatic rings. The summed E-state index contributed by atoms with van der Waals surface area (Å²) in [7, 11) is -3.70. The molecule has 132 valence electrons. The van der Waals surface area contributed by atoms with Crippen molar-refractivity contribution in [2.24, 2.45) is 5.73 Å². The van der Waals surface area contributed by atoms with Crippen LogP contribution in [0, 0.1) is 0 Å². The number of sulfone groups is 1. The van der Waals surface area contributed by atoms with Crippen LogP contribution in [0.25, 0.3) is 0 Å². The van der Waals surface area contributed by atoms with E-state index in [-0.39, 0.29) is 29.9 Å². The molecule has 0 saturated heterocycles. The van der Waals surface area contributed by atoms with Crippen LogP contribution in [0.1, 0.15) is 28.8 Å². The molecule has 0 amide bonds. The molecule has 0 bridgehead atoms. The molecule has 1 atom stereocenters. The molecule has 7 nitrogen and oxygen atoms in total. The summed E-state index contributed by atoms with van der Waals surface area (Å²) < 4.78 is 24.8. The van der Waals surface area contributed by atoms with Crippen molar-refractivity contribution in [2.45, 2.75) is 29.5 Å². The number of hydrogen-bond donors (Lipinski definition) is 2. The molecule has 1 unspecified atom stereocenters. The molecule has 1 aromatic heterocycles. The van der Waals surface area contributed by atoms with Gasteiger partial charge in [-0.1, -0.05) is 24.3 Å². The summed E-state index contributed by atoms with van der Waals surface area (Å²) in [6.07, 6.45) is 2.50. The Hall–Kier alpha value is -2.58. The lowest BCUT2D eigenvalue weighted by Gasteiger charge is -2.13. The van der Waals surface area contributed by atoms with Crippen molar-refractivity contribution >= 4 is 21.6 Å². The second kappa shape index (κ2) is 8.00. The standard InChI is InChI=1S/C17H18N2O5S/c18-16(25(23,24)14-2-1-9-19-11-14)10-12-3-5-13(6-4-12)15(20)7-8-17(21)22/h1-6,9,11,16H,7-8,10,18H2,(H,21,22). The number of carboxylic acids is 1. The molecule has 0 spiro atoms. The molecule has 0 aliphatic heterocycles. The number of carboxylic acid groups (broad SMARTS) is 1. The topological polar surface area (TPSA) is 127 Å². The first-order chi connectivity index (χ1) is 11.8. The Kier molecular flexibility index (Phi) is 6.00. The Labute approximate surface area is 145 Å². The maximum absolute atomic E-state index is 12.4. The van der Waals surface area contributed by atoms with Crippen molar-refractivity contribution < 1.29 is 23.1 Å². The number of hydrogen-bond acceptors (Lipinski definition) is 6. The van der Waals surface area contributed by atoms with Crippen molar-refractivity contribution in [1.82, 2.24) is 4.98 Å². The van der Waals surface area contributed by atoms with Gasteiger partial charge in [-0.3, -0.25) is 14.6 Å². The van der Waals surface area contributed by atoms with Gasteiger partial charge in [0.2, 0.25) is 0 Å². The minimum absolute atomic E-state index is 0.0583. The molecule has 3 N–H and O–H groups in total. The second-order valence-corrected chi connectivity index (χ2v) is 7.66. The van der Waals surface area contributed by atoms with E-state index in [1.54, 1.807) is 24.3 Å². The van der Waals surface area contributed by atoms with Gasteiger partial charge < -0.3 is 10.8 Å². The number of pyridine rings is 1. The highest BCUT2D eigenvalue weighted by molar-refractivity contribution is 7.92. The first kappa shape index (κ1) is 18.8. The first-order valence-electron chi connectivity index (χ1n) is 7.54. The lowest BCUT2D eigenvalue weighted by molar-refractivity contribution is -0.136. The Balaban J connectivity index is 2.06. The SMILES string of the molecule is NC(Cc1ccc(C(=O)CCC(=O)O)cc1)S(=O)(=O)c1cccnc1. The van der Waals surface area contributed by atoms with Gasteiger partial charge in [0.15, 0.2) is 15.6 Å². The van der Waals surface area contributed by atoms with Crippen LogP contribution in [-0.4, -0.2) is 35.6 Å². The number of carbonyl (C=O) groups is 2. The maximum Gasteiger partial charge on any atom is 0.303 e. The number of nitrogens with two attached hydrogens (primary N) is 1. The molecule has 0 saturated carbocycles. The van der Waals surface area contributed by atoms with E-state index in [0.29, 0.717) is 11.1 Å². The van der Waals surface area contributed by atoms with Gasteiger partial charge in [0, 0.05) is 30.8 Å². The third-order valence-corrected chi connectivity index (χ3v) is 5.50. The van der Waals surface area contributed by atoms with Gasteiger partial charge in [-0.25, -0.2) is 8.42 Å². The van der Waals surface area contributed by atoms with E-state index in [4.69, 9.17) is 10.8 Å². The van der Waals surface area contributed by atoms with E-state index in [9.17, 15) is 18.0 Å². The molecule has 2 aromatic rings. The van der Waals surface area contributed by atoms with Crippen LogP contribution in [0.4, 0.5) is 0 Å². The summed E-state index contributed by atoms with van der Waals surface area (Å²) in [5.74, 6) is -1.31. The molecule has 2 rings (SSSR count). The fourth-order valence-corrected chi connectivity index (χ4v) is 3.46. The Morgan fingerprint density at radius 3 is 2.36 bits per heavy atom. The summed E-state index contributed by atoms with van der Waals surface area (Å²) in [6.45, 7) is 0. The molecule has 0 aliphatic carbocycles. The zero-order valence-electron chi connectivity index (χ0n) is 13.3. The van der Waals surface area contributed by atoms with E-state index >= 15 is 0 Å². The van der Waals surface area contributed by atoms with Crippen molar-refractivity contribution in [3.63, 3.8) is 0 Å². The quantitative estimate of drug-likeness (QED) is 0.680. The highest BCUT2D eigenvalue weighted by atomic mass is 32.2. The molecule has 25 heavy (non-hydrogen) atoms. The van der Waals surface area contributed by atoms with Gasteiger partial charge in [0.25, 0.3) is 0 Å². The van der Waals surface area contributed by atoms with E-state index < -0.39 is 21.2 Å². The number of carbonyl (C=O) groups excluding carboxylic acids is 1. The minimum Gasteiger partial charge on any atom is -0.481 e. The number of ketones is 1. The fourth-order valence-electron chi connectivity index (χ4n) is 2.22. The zero-order valence-corrected chi connectivity index (χ0v) is 14.1. The van der Waals surface area contributed by atoms with E-state index in [1.165, 1.54) is 24.5 Å². The van der Waals surface area contributed by atoms with Crippen LogP contribution < -0.4 is 5.73 Å². The summed E-state index contributed by atoms with van der Waals surface area (Å²) in [5.41, 5.74) is 6.89. The van der Waals surface area contributed by atoms with Crippen molar-refractivity contribution in [1.29, 1.82) is 0 Å². The summed E-state index contributed by atoms with van der Waals surface area (Å²) in [6, 6.07) is 9.29. The first-order valence-corrected chi connectivity index (χ1v) is 9.09. The Morgan fingerprint density at radius 1 is 1.12 bits per heavy atom. The average molecular weight is 362 g/mol. The Morgan fingerprint density at radius 2 is 1.80 bits per heavy atom. The van der Waals surface area contributed by atoms with Crippen LogP contribution in [0.2, 0.25) is 0 Å². The molecule has 8 heteroatoms. The van der Waals surface area contributed by atoms with Gasteiger partial charge in [0.05, 0.1) is 11.3 Å². The highest BCUT2D eigenvalue weighted by Crippen LogP contribution is 2.16. The summed E-state index contributed by atoms with van der Waals surface area (Å²) in [5, 5.41) is 7.46. The van der Waals surface area contributed by atoms with E-state index in [0.717, 1.165) is 0 Å². The van der Waals surface area contributed by atoms with Gasteiger partial charge in [-0.15, -0.1) is 0 Å². The normalized spacial score (nSPS) is 12.5. The minimum atomic E-state index is -3.70. The number of rotatable bonds is 8. The number of Topliss-reactive ketones (excluding diaryl/α,β-unsaturated/α-hetero) is 1. The van der Waals surface area contributed by atoms with Crippen LogP contribution in [-0.2, 0) is 21.1 Å². The zero-order chi connectivity index (χ0) is 18.4.